The van der Waals surface area contributed by atoms with Crippen LogP contribution in [0.1, 0.15) is 10.4 Å². The van der Waals surface area contributed by atoms with Crippen molar-refractivity contribution < 1.29 is 14.6 Å². The third-order valence-corrected chi connectivity index (χ3v) is 3.66. The number of aromatic carboxylic acids is 1. The van der Waals surface area contributed by atoms with Crippen molar-refractivity contribution in [1.82, 2.24) is 4.98 Å². The molecule has 6 heteroatoms. The summed E-state index contributed by atoms with van der Waals surface area (Å²) in [5.74, 6) is -0.948. The molecule has 0 unspecified atom stereocenters. The van der Waals surface area contributed by atoms with Gasteiger partial charge < -0.3 is 9.84 Å². The smallest absolute Gasteiger partial charge is 0.336 e. The molecule has 1 aliphatic rings. The standard InChI is InChI=1S/C9H8BrNO3S/c10-7-2-11-8(1-6(7)9(12)13)15-5-3-14-4-5/h1-2,5H,3-4H2,(H,12,13). The van der Waals surface area contributed by atoms with Gasteiger partial charge in [-0.05, 0) is 22.0 Å². The first-order chi connectivity index (χ1) is 7.16. The zero-order valence-corrected chi connectivity index (χ0v) is 10.0. The Morgan fingerprint density at radius 1 is 1.67 bits per heavy atom. The van der Waals surface area contributed by atoms with Gasteiger partial charge in [0.2, 0.25) is 0 Å². The highest BCUT2D eigenvalue weighted by molar-refractivity contribution is 9.10. The zero-order chi connectivity index (χ0) is 10.8. The maximum atomic E-state index is 10.9. The molecule has 2 rings (SSSR count). The Kier molecular flexibility index (Phi) is 3.28. The van der Waals surface area contributed by atoms with Crippen molar-refractivity contribution >= 4 is 33.7 Å². The predicted octanol–water partition coefficient (Wildman–Crippen LogP) is 2.03. The fourth-order valence-electron chi connectivity index (χ4n) is 1.10. The van der Waals surface area contributed by atoms with E-state index in [1.165, 1.54) is 6.20 Å². The fourth-order valence-corrected chi connectivity index (χ4v) is 2.46. The summed E-state index contributed by atoms with van der Waals surface area (Å²) < 4.78 is 5.54. The Morgan fingerprint density at radius 3 is 2.93 bits per heavy atom. The molecule has 0 aromatic carbocycles. The number of halogens is 1. The molecule has 1 N–H and O–H groups in total. The number of pyridine rings is 1. The monoisotopic (exact) mass is 289 g/mol. The van der Waals surface area contributed by atoms with Gasteiger partial charge in [0.1, 0.15) is 0 Å². The molecule has 0 aliphatic carbocycles. The van der Waals surface area contributed by atoms with E-state index in [-0.39, 0.29) is 5.56 Å². The number of hydrogen-bond acceptors (Lipinski definition) is 4. The number of carboxylic acids is 1. The second-order valence-electron chi connectivity index (χ2n) is 3.08. The average Bonchev–Trinajstić information content (AvgIpc) is 2.13. The number of rotatable bonds is 3. The number of ether oxygens (including phenoxy) is 1. The Morgan fingerprint density at radius 2 is 2.40 bits per heavy atom. The van der Waals surface area contributed by atoms with Gasteiger partial charge in [-0.25, -0.2) is 9.78 Å². The first-order valence-electron chi connectivity index (χ1n) is 4.30. The quantitative estimate of drug-likeness (QED) is 0.923. The van der Waals surface area contributed by atoms with Gasteiger partial charge in [-0.15, -0.1) is 0 Å². The van der Waals surface area contributed by atoms with Crippen LogP contribution in [0.2, 0.25) is 0 Å². The summed E-state index contributed by atoms with van der Waals surface area (Å²) in [4.78, 5) is 15.0. The minimum Gasteiger partial charge on any atom is -0.478 e. The van der Waals surface area contributed by atoms with Gasteiger partial charge in [0.25, 0.3) is 0 Å². The van der Waals surface area contributed by atoms with Crippen LogP contribution in [-0.4, -0.2) is 34.5 Å². The highest BCUT2D eigenvalue weighted by atomic mass is 79.9. The van der Waals surface area contributed by atoms with Crippen molar-refractivity contribution in [2.24, 2.45) is 0 Å². The summed E-state index contributed by atoms with van der Waals surface area (Å²) in [5, 5.41) is 10.0. The molecular weight excluding hydrogens is 282 g/mol. The topological polar surface area (TPSA) is 59.4 Å². The molecule has 80 valence electrons. The molecule has 1 aromatic heterocycles. The van der Waals surface area contributed by atoms with E-state index in [0.29, 0.717) is 22.9 Å². The Bertz CT molecular complexity index is 395. The molecule has 0 radical (unpaired) electrons. The van der Waals surface area contributed by atoms with Gasteiger partial charge in [-0.3, -0.25) is 0 Å². The summed E-state index contributed by atoms with van der Waals surface area (Å²) in [6.45, 7) is 1.43. The molecule has 0 atom stereocenters. The largest absolute Gasteiger partial charge is 0.478 e. The van der Waals surface area contributed by atoms with Crippen molar-refractivity contribution in [1.29, 1.82) is 0 Å². The van der Waals surface area contributed by atoms with Crippen LogP contribution in [0.3, 0.4) is 0 Å². The Balaban J connectivity index is 2.17. The van der Waals surface area contributed by atoms with Crippen LogP contribution >= 0.6 is 27.7 Å². The lowest BCUT2D eigenvalue weighted by atomic mass is 10.3. The Hall–Kier alpha value is -0.590. The molecule has 0 saturated carbocycles. The van der Waals surface area contributed by atoms with Crippen LogP contribution in [0.25, 0.3) is 0 Å². The van der Waals surface area contributed by atoms with E-state index >= 15 is 0 Å². The molecule has 2 heterocycles. The van der Waals surface area contributed by atoms with Crippen LogP contribution in [-0.2, 0) is 4.74 Å². The summed E-state index contributed by atoms with van der Waals surface area (Å²) in [5.41, 5.74) is 0.243. The summed E-state index contributed by atoms with van der Waals surface area (Å²) >= 11 is 4.70. The van der Waals surface area contributed by atoms with Gasteiger partial charge in [0.15, 0.2) is 0 Å². The van der Waals surface area contributed by atoms with Crippen LogP contribution in [0.4, 0.5) is 0 Å². The van der Waals surface area contributed by atoms with Crippen LogP contribution in [0, 0.1) is 0 Å². The van der Waals surface area contributed by atoms with E-state index in [9.17, 15) is 4.79 Å². The van der Waals surface area contributed by atoms with Gasteiger partial charge in [-0.2, -0.15) is 0 Å². The molecule has 1 aromatic rings. The highest BCUT2D eigenvalue weighted by Crippen LogP contribution is 2.28. The van der Waals surface area contributed by atoms with Gasteiger partial charge in [-0.1, -0.05) is 11.8 Å². The molecule has 1 fully saturated rings. The highest BCUT2D eigenvalue weighted by Gasteiger charge is 2.21. The minimum absolute atomic E-state index is 0.243. The van der Waals surface area contributed by atoms with E-state index in [1.807, 2.05) is 0 Å². The molecule has 1 aliphatic heterocycles. The lowest BCUT2D eigenvalue weighted by Crippen LogP contribution is -2.30. The normalized spacial score (nSPS) is 16.1. The predicted molar refractivity (Wildman–Crippen MR) is 59.4 cm³/mol. The maximum Gasteiger partial charge on any atom is 0.336 e. The number of thioether (sulfide) groups is 1. The minimum atomic E-state index is -0.948. The van der Waals surface area contributed by atoms with Crippen LogP contribution < -0.4 is 0 Å². The third-order valence-electron chi connectivity index (χ3n) is 1.96. The van der Waals surface area contributed by atoms with Crippen molar-refractivity contribution in [3.63, 3.8) is 0 Å². The van der Waals surface area contributed by atoms with Gasteiger partial charge >= 0.3 is 5.97 Å². The summed E-state index contributed by atoms with van der Waals surface area (Å²) in [7, 11) is 0. The van der Waals surface area contributed by atoms with Crippen molar-refractivity contribution in [2.75, 3.05) is 13.2 Å². The molecule has 0 bridgehead atoms. The number of nitrogens with zero attached hydrogens (tertiary/aromatic N) is 1. The van der Waals surface area contributed by atoms with Crippen molar-refractivity contribution in [3.05, 3.63) is 22.3 Å². The fraction of sp³-hybridized carbons (Fsp3) is 0.333. The molecule has 0 amide bonds. The number of carbonyl (C=O) groups is 1. The van der Waals surface area contributed by atoms with E-state index in [4.69, 9.17) is 9.84 Å². The van der Waals surface area contributed by atoms with Gasteiger partial charge in [0, 0.05) is 6.20 Å². The number of aromatic nitrogens is 1. The lowest BCUT2D eigenvalue weighted by Gasteiger charge is -2.24. The van der Waals surface area contributed by atoms with Crippen LogP contribution in [0.15, 0.2) is 21.8 Å². The van der Waals surface area contributed by atoms with E-state index in [0.717, 1.165) is 5.03 Å². The van der Waals surface area contributed by atoms with Crippen molar-refractivity contribution in [3.8, 4) is 0 Å². The van der Waals surface area contributed by atoms with Gasteiger partial charge in [0.05, 0.1) is 33.5 Å². The second-order valence-corrected chi connectivity index (χ2v) is 5.26. The number of hydrogen-bond donors (Lipinski definition) is 1. The molecule has 4 nitrogen and oxygen atoms in total. The van der Waals surface area contributed by atoms with E-state index in [1.54, 1.807) is 17.8 Å². The summed E-state index contributed by atoms with van der Waals surface area (Å²) in [6, 6.07) is 1.58. The zero-order valence-electron chi connectivity index (χ0n) is 7.64. The molecule has 1 saturated heterocycles. The van der Waals surface area contributed by atoms with E-state index < -0.39 is 5.97 Å². The maximum absolute atomic E-state index is 10.9. The van der Waals surface area contributed by atoms with Crippen molar-refractivity contribution in [2.45, 2.75) is 10.3 Å². The molecular formula is C9H8BrNO3S. The van der Waals surface area contributed by atoms with Crippen LogP contribution in [0.5, 0.6) is 0 Å². The third kappa shape index (κ3) is 2.50. The summed E-state index contributed by atoms with van der Waals surface area (Å²) in [6.07, 6.45) is 1.52. The second kappa shape index (κ2) is 4.51. The first kappa shape index (κ1) is 10.9. The molecule has 15 heavy (non-hydrogen) atoms. The van der Waals surface area contributed by atoms with E-state index in [2.05, 4.69) is 20.9 Å². The number of carboxylic acid groups (broad SMARTS) is 1. The average molecular weight is 290 g/mol. The molecule has 0 spiro atoms. The Labute approximate surface area is 99.2 Å². The SMILES string of the molecule is O=C(O)c1cc(SC2COC2)ncc1Br. The first-order valence-corrected chi connectivity index (χ1v) is 5.97. The lowest BCUT2D eigenvalue weighted by molar-refractivity contribution is 0.0454.